The normalized spacial score (nSPS) is 22.9. The Morgan fingerprint density at radius 1 is 1.22 bits per heavy atom. The van der Waals surface area contributed by atoms with Crippen LogP contribution in [-0.4, -0.2) is 80.1 Å². The van der Waals surface area contributed by atoms with Crippen molar-refractivity contribution in [2.24, 2.45) is 10.9 Å². The van der Waals surface area contributed by atoms with Crippen molar-refractivity contribution in [1.82, 2.24) is 20.0 Å². The summed E-state index contributed by atoms with van der Waals surface area (Å²) in [7, 11) is 2.22. The second kappa shape index (κ2) is 10.3. The van der Waals surface area contributed by atoms with Gasteiger partial charge in [-0.15, -0.1) is 0 Å². The first-order valence-corrected chi connectivity index (χ1v) is 10.7. The summed E-state index contributed by atoms with van der Waals surface area (Å²) in [4.78, 5) is 12.3. The first-order valence-electron chi connectivity index (χ1n) is 10.3. The highest BCUT2D eigenvalue weighted by molar-refractivity contribution is 6.30. The van der Waals surface area contributed by atoms with Crippen LogP contribution >= 0.6 is 11.6 Å². The molecule has 1 aromatic rings. The molecule has 0 radical (unpaired) electrons. The van der Waals surface area contributed by atoms with Gasteiger partial charge in [-0.25, -0.2) is 0 Å². The first kappa shape index (κ1) is 20.4. The average molecular weight is 392 g/mol. The fourth-order valence-corrected chi connectivity index (χ4v) is 4.29. The van der Waals surface area contributed by atoms with E-state index in [1.165, 1.54) is 31.5 Å². The van der Waals surface area contributed by atoms with Gasteiger partial charge in [-0.2, -0.15) is 0 Å². The molecule has 150 valence electrons. The molecule has 2 aliphatic heterocycles. The van der Waals surface area contributed by atoms with Crippen LogP contribution in [0.15, 0.2) is 29.3 Å². The molecule has 1 N–H and O–H groups in total. The van der Waals surface area contributed by atoms with Crippen LogP contribution in [0.2, 0.25) is 5.02 Å². The molecule has 0 saturated carbocycles. The Hall–Kier alpha value is -1.30. The predicted octanol–water partition coefficient (Wildman–Crippen LogP) is 2.76. The zero-order valence-electron chi connectivity index (χ0n) is 16.8. The van der Waals surface area contributed by atoms with Gasteiger partial charge in [0, 0.05) is 57.4 Å². The number of aliphatic imine (C=N–C) groups is 1. The quantitative estimate of drug-likeness (QED) is 0.618. The van der Waals surface area contributed by atoms with E-state index in [1.807, 2.05) is 12.1 Å². The van der Waals surface area contributed by atoms with Gasteiger partial charge in [-0.05, 0) is 57.0 Å². The van der Waals surface area contributed by atoms with Crippen LogP contribution in [0.5, 0.6) is 0 Å². The number of likely N-dealkylation sites (tertiary alicyclic amines) is 1. The topological polar surface area (TPSA) is 34.1 Å². The molecule has 2 heterocycles. The Balaban J connectivity index is 1.51. The monoisotopic (exact) mass is 391 g/mol. The van der Waals surface area contributed by atoms with Crippen molar-refractivity contribution in [2.45, 2.75) is 26.3 Å². The predicted molar refractivity (Wildman–Crippen MR) is 115 cm³/mol. The summed E-state index contributed by atoms with van der Waals surface area (Å²) in [6.07, 6.45) is 2.61. The van der Waals surface area contributed by atoms with Crippen molar-refractivity contribution in [3.63, 3.8) is 0 Å². The van der Waals surface area contributed by atoms with Crippen molar-refractivity contribution >= 4 is 17.6 Å². The lowest BCUT2D eigenvalue weighted by atomic mass is 9.99. The third-order valence-electron chi connectivity index (χ3n) is 5.52. The maximum absolute atomic E-state index is 6.12. The van der Waals surface area contributed by atoms with Crippen LogP contribution in [0.1, 0.15) is 25.3 Å². The lowest BCUT2D eigenvalue weighted by Gasteiger charge is -2.37. The van der Waals surface area contributed by atoms with Gasteiger partial charge in [-0.3, -0.25) is 9.89 Å². The van der Waals surface area contributed by atoms with Crippen LogP contribution in [-0.2, 0) is 6.54 Å². The number of hydrogen-bond acceptors (Lipinski definition) is 3. The van der Waals surface area contributed by atoms with E-state index in [-0.39, 0.29) is 0 Å². The average Bonchev–Trinajstić information content (AvgIpc) is 2.66. The zero-order valence-corrected chi connectivity index (χ0v) is 17.6. The number of piperazine rings is 1. The smallest absolute Gasteiger partial charge is 0.194 e. The molecule has 27 heavy (non-hydrogen) atoms. The Morgan fingerprint density at radius 2 is 2.04 bits per heavy atom. The molecule has 0 amide bonds. The fourth-order valence-electron chi connectivity index (χ4n) is 4.07. The van der Waals surface area contributed by atoms with Gasteiger partial charge < -0.3 is 15.1 Å². The maximum Gasteiger partial charge on any atom is 0.194 e. The number of piperidine rings is 1. The highest BCUT2D eigenvalue weighted by Gasteiger charge is 2.21. The van der Waals surface area contributed by atoms with Crippen LogP contribution in [0, 0.1) is 5.92 Å². The maximum atomic E-state index is 6.12. The van der Waals surface area contributed by atoms with E-state index in [0.717, 1.165) is 56.8 Å². The number of nitrogens with zero attached hydrogens (tertiary/aromatic N) is 4. The van der Waals surface area contributed by atoms with Crippen LogP contribution < -0.4 is 5.32 Å². The fraction of sp³-hybridized carbons (Fsp3) is 0.667. The first-order chi connectivity index (χ1) is 13.1. The van der Waals surface area contributed by atoms with Gasteiger partial charge in [0.05, 0.1) is 0 Å². The molecule has 0 spiro atoms. The number of guanidine groups is 1. The lowest BCUT2D eigenvalue weighted by Crippen LogP contribution is -2.52. The Morgan fingerprint density at radius 3 is 2.74 bits per heavy atom. The Bertz CT molecular complexity index is 612. The summed E-state index contributed by atoms with van der Waals surface area (Å²) in [5.74, 6) is 1.79. The second-order valence-electron chi connectivity index (χ2n) is 7.86. The molecule has 6 heteroatoms. The summed E-state index contributed by atoms with van der Waals surface area (Å²) in [5, 5.41) is 4.32. The molecule has 2 aliphatic rings. The van der Waals surface area contributed by atoms with Gasteiger partial charge in [0.25, 0.3) is 0 Å². The van der Waals surface area contributed by atoms with E-state index in [9.17, 15) is 0 Å². The highest BCUT2D eigenvalue weighted by Crippen LogP contribution is 2.16. The van der Waals surface area contributed by atoms with Crippen molar-refractivity contribution in [3.8, 4) is 0 Å². The Labute approximate surface area is 169 Å². The number of benzene rings is 1. The summed E-state index contributed by atoms with van der Waals surface area (Å²) < 4.78 is 0. The molecule has 1 atom stereocenters. The highest BCUT2D eigenvalue weighted by atomic mass is 35.5. The molecular formula is C21H34ClN5. The van der Waals surface area contributed by atoms with Crippen molar-refractivity contribution < 1.29 is 0 Å². The lowest BCUT2D eigenvalue weighted by molar-refractivity contribution is 0.171. The molecule has 1 unspecified atom stereocenters. The molecule has 0 aromatic heterocycles. The molecule has 2 fully saturated rings. The SMILES string of the molecule is CCNC(=NCC1CCCN(C)C1)N1CCN(Cc2cccc(Cl)c2)CC1. The molecule has 5 nitrogen and oxygen atoms in total. The number of halogens is 1. The molecule has 3 rings (SSSR count). The van der Waals surface area contributed by atoms with Gasteiger partial charge in [0.2, 0.25) is 0 Å². The molecule has 0 bridgehead atoms. The zero-order chi connectivity index (χ0) is 19.1. The number of rotatable bonds is 5. The molecule has 2 saturated heterocycles. The standard InChI is InChI=1S/C21H34ClN5/c1-3-23-21(24-15-19-7-5-9-25(2)16-19)27-12-10-26(11-13-27)17-18-6-4-8-20(22)14-18/h4,6,8,14,19H,3,5,7,9-13,15-17H2,1-2H3,(H,23,24). The van der Waals surface area contributed by atoms with E-state index >= 15 is 0 Å². The van der Waals surface area contributed by atoms with Crippen molar-refractivity contribution in [2.75, 3.05) is 59.4 Å². The minimum Gasteiger partial charge on any atom is -0.357 e. The summed E-state index contributed by atoms with van der Waals surface area (Å²) in [6.45, 7) is 11.6. The molecule has 1 aromatic carbocycles. The van der Waals surface area contributed by atoms with Gasteiger partial charge in [-0.1, -0.05) is 23.7 Å². The van der Waals surface area contributed by atoms with Gasteiger partial charge >= 0.3 is 0 Å². The van der Waals surface area contributed by atoms with Crippen molar-refractivity contribution in [3.05, 3.63) is 34.9 Å². The Kier molecular flexibility index (Phi) is 7.80. The minimum absolute atomic E-state index is 0.696. The van der Waals surface area contributed by atoms with E-state index in [2.05, 4.69) is 46.1 Å². The van der Waals surface area contributed by atoms with E-state index in [0.29, 0.717) is 5.92 Å². The summed E-state index contributed by atoms with van der Waals surface area (Å²) in [6, 6.07) is 8.20. The minimum atomic E-state index is 0.696. The van der Waals surface area contributed by atoms with E-state index in [4.69, 9.17) is 16.6 Å². The van der Waals surface area contributed by atoms with Crippen LogP contribution in [0.4, 0.5) is 0 Å². The van der Waals surface area contributed by atoms with Crippen molar-refractivity contribution in [1.29, 1.82) is 0 Å². The summed E-state index contributed by atoms with van der Waals surface area (Å²) >= 11 is 6.12. The third-order valence-corrected chi connectivity index (χ3v) is 5.76. The van der Waals surface area contributed by atoms with Crippen LogP contribution in [0.25, 0.3) is 0 Å². The van der Waals surface area contributed by atoms with Gasteiger partial charge in [0.15, 0.2) is 5.96 Å². The van der Waals surface area contributed by atoms with Crippen LogP contribution in [0.3, 0.4) is 0 Å². The van der Waals surface area contributed by atoms with E-state index in [1.54, 1.807) is 0 Å². The molecule has 0 aliphatic carbocycles. The second-order valence-corrected chi connectivity index (χ2v) is 8.29. The third kappa shape index (κ3) is 6.37. The van der Waals surface area contributed by atoms with Gasteiger partial charge in [0.1, 0.15) is 0 Å². The number of nitrogens with one attached hydrogen (secondary N) is 1. The van der Waals surface area contributed by atoms with E-state index < -0.39 is 0 Å². The number of hydrogen-bond donors (Lipinski definition) is 1. The summed E-state index contributed by atoms with van der Waals surface area (Å²) in [5.41, 5.74) is 1.29. The molecular weight excluding hydrogens is 358 g/mol. The largest absolute Gasteiger partial charge is 0.357 e.